The summed E-state index contributed by atoms with van der Waals surface area (Å²) < 4.78 is 14.3. The molecular formula is C33H38N4O4. The summed E-state index contributed by atoms with van der Waals surface area (Å²) in [5.41, 5.74) is 6.49. The fraction of sp³-hybridized carbons (Fsp3) is 0.364. The number of para-hydroxylation sites is 1. The number of aromatic nitrogens is 3. The number of fused-ring (bicyclic) bond motifs is 3. The van der Waals surface area contributed by atoms with Gasteiger partial charge in [-0.3, -0.25) is 5.10 Å². The van der Waals surface area contributed by atoms with Crippen LogP contribution >= 0.6 is 0 Å². The topological polar surface area (TPSA) is 95.8 Å². The molecule has 0 saturated carbocycles. The van der Waals surface area contributed by atoms with Crippen molar-refractivity contribution in [2.75, 3.05) is 26.8 Å². The van der Waals surface area contributed by atoms with Crippen molar-refractivity contribution in [1.82, 2.24) is 19.7 Å². The van der Waals surface area contributed by atoms with Gasteiger partial charge in [0.1, 0.15) is 5.75 Å². The first-order valence-corrected chi connectivity index (χ1v) is 14.5. The van der Waals surface area contributed by atoms with E-state index in [0.717, 1.165) is 87.9 Å². The minimum atomic E-state index is -1.05. The maximum Gasteiger partial charge on any atom is 0.196 e. The minimum absolute atomic E-state index is 0.153. The summed E-state index contributed by atoms with van der Waals surface area (Å²) in [6, 6.07) is 20.7. The Labute approximate surface area is 240 Å². The predicted molar refractivity (Wildman–Crippen MR) is 161 cm³/mol. The van der Waals surface area contributed by atoms with Gasteiger partial charge in [-0.1, -0.05) is 54.6 Å². The summed E-state index contributed by atoms with van der Waals surface area (Å²) in [4.78, 5) is 2.26. The first-order chi connectivity index (χ1) is 20.1. The number of hydrogen-bond acceptors (Lipinski definition) is 6. The fourth-order valence-electron chi connectivity index (χ4n) is 6.28. The molecule has 3 N–H and O–H groups in total. The molecule has 2 aromatic heterocycles. The van der Waals surface area contributed by atoms with Gasteiger partial charge in [0.25, 0.3) is 0 Å². The maximum absolute atomic E-state index is 11.3. The van der Waals surface area contributed by atoms with Gasteiger partial charge in [0, 0.05) is 41.6 Å². The Bertz CT molecular complexity index is 1650. The predicted octanol–water partition coefficient (Wildman–Crippen LogP) is 5.55. The van der Waals surface area contributed by atoms with Crippen molar-refractivity contribution < 1.29 is 19.7 Å². The number of aliphatic hydroxyl groups excluding tert-OH is 2. The molecule has 0 amide bonds. The quantitative estimate of drug-likeness (QED) is 0.163. The second-order valence-corrected chi connectivity index (χ2v) is 10.7. The minimum Gasteiger partial charge on any atom is -0.493 e. The normalized spacial score (nSPS) is 14.8. The van der Waals surface area contributed by atoms with Crippen molar-refractivity contribution in [1.29, 1.82) is 0 Å². The monoisotopic (exact) mass is 554 g/mol. The Hall–Kier alpha value is -3.69. The molecule has 1 aliphatic rings. The van der Waals surface area contributed by atoms with E-state index in [1.165, 1.54) is 0 Å². The van der Waals surface area contributed by atoms with E-state index in [0.29, 0.717) is 25.5 Å². The molecule has 8 nitrogen and oxygen atoms in total. The van der Waals surface area contributed by atoms with Gasteiger partial charge in [-0.2, -0.15) is 5.10 Å². The lowest BCUT2D eigenvalue weighted by atomic mass is 9.97. The van der Waals surface area contributed by atoms with E-state index >= 15 is 0 Å². The van der Waals surface area contributed by atoms with Crippen LogP contribution in [0.5, 0.6) is 5.75 Å². The van der Waals surface area contributed by atoms with Crippen LogP contribution in [0.25, 0.3) is 32.8 Å². The van der Waals surface area contributed by atoms with Crippen molar-refractivity contribution >= 4 is 21.7 Å². The third-order valence-electron chi connectivity index (χ3n) is 8.05. The average molecular weight is 555 g/mol. The standard InChI is InChI=1S/C33H38N4O4/c1-3-40-33(39)32-25(15-8-19-41-29-16-6-11-22-10-4-5-12-23(22)29)24-13-7-14-26-30-27(34-35-28(30)21-38)20-36(2)17-9-18-37(32)31(24)26/h4-7,10-14,16,33,38-39H,3,8-9,15,17-21H2,1-2H3,(H,34,35). The highest BCUT2D eigenvalue weighted by Gasteiger charge is 2.28. The number of H-pyrrole nitrogens is 1. The second kappa shape index (κ2) is 12.0. The van der Waals surface area contributed by atoms with E-state index < -0.39 is 6.29 Å². The van der Waals surface area contributed by atoms with E-state index in [1.54, 1.807) is 0 Å². The Morgan fingerprint density at radius 2 is 1.83 bits per heavy atom. The first kappa shape index (κ1) is 27.5. The molecule has 0 fully saturated rings. The van der Waals surface area contributed by atoms with Crippen LogP contribution in [0.2, 0.25) is 0 Å². The lowest BCUT2D eigenvalue weighted by Gasteiger charge is -2.22. The summed E-state index contributed by atoms with van der Waals surface area (Å²) in [5, 5.41) is 32.5. The van der Waals surface area contributed by atoms with Gasteiger partial charge in [0.15, 0.2) is 6.29 Å². The first-order valence-electron chi connectivity index (χ1n) is 14.5. The SMILES string of the molecule is CCOC(O)c1c(CCCOc2cccc3ccccc23)c2cccc3c2n1CCCN(C)Cc1[nH]nc(CO)c1-3. The Kier molecular flexibility index (Phi) is 8.07. The van der Waals surface area contributed by atoms with E-state index in [-0.39, 0.29) is 6.61 Å². The fourth-order valence-corrected chi connectivity index (χ4v) is 6.28. The van der Waals surface area contributed by atoms with Crippen LogP contribution in [-0.2, 0) is 30.9 Å². The number of aryl methyl sites for hydroxylation is 2. The molecule has 3 heterocycles. The molecule has 1 unspecified atom stereocenters. The summed E-state index contributed by atoms with van der Waals surface area (Å²) in [6.45, 7) is 5.04. The van der Waals surface area contributed by atoms with Crippen LogP contribution in [0.4, 0.5) is 0 Å². The zero-order valence-corrected chi connectivity index (χ0v) is 23.8. The zero-order valence-electron chi connectivity index (χ0n) is 23.8. The lowest BCUT2D eigenvalue weighted by molar-refractivity contribution is -0.103. The molecule has 214 valence electrons. The van der Waals surface area contributed by atoms with E-state index in [9.17, 15) is 10.2 Å². The summed E-state index contributed by atoms with van der Waals surface area (Å²) in [6.07, 6.45) is 1.37. The molecule has 6 rings (SSSR count). The second-order valence-electron chi connectivity index (χ2n) is 10.7. The van der Waals surface area contributed by atoms with Gasteiger partial charge in [-0.15, -0.1) is 0 Å². The lowest BCUT2D eigenvalue weighted by Crippen LogP contribution is -2.22. The number of hydrogen-bond donors (Lipinski definition) is 3. The van der Waals surface area contributed by atoms with Gasteiger partial charge in [0.05, 0.1) is 35.8 Å². The van der Waals surface area contributed by atoms with Gasteiger partial charge in [-0.25, -0.2) is 0 Å². The Morgan fingerprint density at radius 1 is 1.02 bits per heavy atom. The van der Waals surface area contributed by atoms with E-state index in [1.807, 2.05) is 31.2 Å². The third kappa shape index (κ3) is 5.24. The van der Waals surface area contributed by atoms with Crippen molar-refractivity contribution in [3.8, 4) is 16.9 Å². The number of rotatable bonds is 9. The van der Waals surface area contributed by atoms with Gasteiger partial charge in [-0.05, 0) is 56.8 Å². The number of benzene rings is 3. The van der Waals surface area contributed by atoms with Crippen LogP contribution in [0.15, 0.2) is 60.7 Å². The molecule has 0 radical (unpaired) electrons. The third-order valence-corrected chi connectivity index (χ3v) is 8.05. The molecule has 3 aromatic carbocycles. The van der Waals surface area contributed by atoms with Crippen molar-refractivity contribution in [2.24, 2.45) is 0 Å². The van der Waals surface area contributed by atoms with E-state index in [2.05, 4.69) is 63.1 Å². The molecule has 0 spiro atoms. The van der Waals surface area contributed by atoms with Crippen LogP contribution in [0.1, 0.15) is 48.7 Å². The zero-order chi connectivity index (χ0) is 28.3. The molecule has 0 aliphatic carbocycles. The highest BCUT2D eigenvalue weighted by molar-refractivity contribution is 5.99. The number of nitrogens with zero attached hydrogens (tertiary/aromatic N) is 3. The molecule has 0 saturated heterocycles. The summed E-state index contributed by atoms with van der Waals surface area (Å²) >= 11 is 0. The molecule has 5 aromatic rings. The van der Waals surface area contributed by atoms with E-state index in [4.69, 9.17) is 9.47 Å². The summed E-state index contributed by atoms with van der Waals surface area (Å²) in [5.74, 6) is 0.883. The van der Waals surface area contributed by atoms with Crippen LogP contribution < -0.4 is 4.74 Å². The van der Waals surface area contributed by atoms with Crippen molar-refractivity contribution in [3.05, 3.63) is 83.3 Å². The van der Waals surface area contributed by atoms with Crippen LogP contribution in [0, 0.1) is 0 Å². The highest BCUT2D eigenvalue weighted by atomic mass is 16.6. The Morgan fingerprint density at radius 3 is 2.68 bits per heavy atom. The number of nitrogens with one attached hydrogen (secondary N) is 1. The molecule has 8 heteroatoms. The average Bonchev–Trinajstić information content (AvgIpc) is 3.53. The maximum atomic E-state index is 11.3. The summed E-state index contributed by atoms with van der Waals surface area (Å²) in [7, 11) is 2.10. The van der Waals surface area contributed by atoms with Gasteiger partial charge in [0.2, 0.25) is 0 Å². The molecule has 41 heavy (non-hydrogen) atoms. The van der Waals surface area contributed by atoms with Gasteiger partial charge < -0.3 is 29.2 Å². The largest absolute Gasteiger partial charge is 0.493 e. The smallest absolute Gasteiger partial charge is 0.196 e. The van der Waals surface area contributed by atoms with Crippen LogP contribution in [-0.4, -0.2) is 56.7 Å². The van der Waals surface area contributed by atoms with Crippen molar-refractivity contribution in [2.45, 2.75) is 52.2 Å². The molecular weight excluding hydrogens is 516 g/mol. The van der Waals surface area contributed by atoms with Crippen LogP contribution in [0.3, 0.4) is 0 Å². The highest BCUT2D eigenvalue weighted by Crippen LogP contribution is 2.40. The Balaban J connectivity index is 1.41. The van der Waals surface area contributed by atoms with Gasteiger partial charge >= 0.3 is 0 Å². The molecule has 1 aliphatic heterocycles. The number of aromatic amines is 1. The van der Waals surface area contributed by atoms with Crippen molar-refractivity contribution in [3.63, 3.8) is 0 Å². The molecule has 1 atom stereocenters. The molecule has 0 bridgehead atoms. The number of ether oxygens (including phenoxy) is 2. The number of aliphatic hydroxyl groups is 2.